The van der Waals surface area contributed by atoms with Crippen molar-refractivity contribution in [1.82, 2.24) is 5.32 Å². The molecule has 0 saturated heterocycles. The molecule has 1 aromatic rings. The summed E-state index contributed by atoms with van der Waals surface area (Å²) in [6.07, 6.45) is 1.21. The molecule has 0 aliphatic heterocycles. The number of halogens is 2. The van der Waals surface area contributed by atoms with E-state index in [1.807, 2.05) is 12.1 Å². The van der Waals surface area contributed by atoms with Crippen LogP contribution in [-0.2, 0) is 4.79 Å². The van der Waals surface area contributed by atoms with E-state index in [9.17, 15) is 4.79 Å². The van der Waals surface area contributed by atoms with Crippen LogP contribution in [0.5, 0.6) is 5.75 Å². The van der Waals surface area contributed by atoms with E-state index in [0.29, 0.717) is 23.9 Å². The van der Waals surface area contributed by atoms with Crippen molar-refractivity contribution in [3.63, 3.8) is 0 Å². The number of rotatable bonds is 7. The number of carbonyl (C=O) groups excluding carboxylic acids is 1. The molecule has 19 heavy (non-hydrogen) atoms. The largest absolute Gasteiger partial charge is 0.479 e. The number of benzene rings is 1. The van der Waals surface area contributed by atoms with Crippen molar-refractivity contribution in [2.45, 2.75) is 25.9 Å². The Labute approximate surface area is 125 Å². The highest BCUT2D eigenvalue weighted by Crippen LogP contribution is 2.24. The highest BCUT2D eigenvalue weighted by atomic mass is 35.5. The third-order valence-corrected chi connectivity index (χ3v) is 2.75. The summed E-state index contributed by atoms with van der Waals surface area (Å²) in [5.74, 6) is 0.371. The van der Waals surface area contributed by atoms with Gasteiger partial charge >= 0.3 is 0 Å². The lowest BCUT2D eigenvalue weighted by molar-refractivity contribution is -0.127. The fraction of sp³-hybridized carbons (Fsp3) is 0.462. The molecule has 1 aromatic carbocycles. The van der Waals surface area contributed by atoms with Crippen molar-refractivity contribution in [3.05, 3.63) is 29.3 Å². The predicted molar refractivity (Wildman–Crippen MR) is 80.1 cm³/mol. The summed E-state index contributed by atoms with van der Waals surface area (Å²) in [4.78, 5) is 11.7. The Bertz CT molecular complexity index is 389. The number of nitrogens with two attached hydrogens (primary N) is 1. The molecule has 0 bridgehead atoms. The van der Waals surface area contributed by atoms with Gasteiger partial charge < -0.3 is 15.8 Å². The van der Waals surface area contributed by atoms with Gasteiger partial charge in [-0.25, -0.2) is 0 Å². The van der Waals surface area contributed by atoms with E-state index in [1.165, 1.54) is 0 Å². The standard InChI is InChI=1S/C13H19ClN2O2.ClH/c1-10(13(17)16-9-5-4-8-15)18-12-7-3-2-6-11(12)14;/h2-3,6-7,10H,4-5,8-9,15H2,1H3,(H,16,17);1H. The molecule has 4 nitrogen and oxygen atoms in total. The Morgan fingerprint density at radius 3 is 2.74 bits per heavy atom. The Morgan fingerprint density at radius 2 is 2.11 bits per heavy atom. The average Bonchev–Trinajstić information content (AvgIpc) is 2.37. The Hall–Kier alpha value is -0.970. The number of para-hydroxylation sites is 1. The molecule has 0 spiro atoms. The number of ether oxygens (including phenoxy) is 1. The Morgan fingerprint density at radius 1 is 1.42 bits per heavy atom. The second-order valence-corrected chi connectivity index (χ2v) is 4.38. The van der Waals surface area contributed by atoms with Crippen LogP contribution in [0.1, 0.15) is 19.8 Å². The lowest BCUT2D eigenvalue weighted by Gasteiger charge is -2.15. The van der Waals surface area contributed by atoms with Gasteiger partial charge in [0.15, 0.2) is 6.10 Å². The van der Waals surface area contributed by atoms with Gasteiger partial charge in [-0.3, -0.25) is 4.79 Å². The number of carbonyl (C=O) groups is 1. The second-order valence-electron chi connectivity index (χ2n) is 3.98. The van der Waals surface area contributed by atoms with Crippen LogP contribution in [0.3, 0.4) is 0 Å². The third kappa shape index (κ3) is 6.66. The maximum absolute atomic E-state index is 11.7. The van der Waals surface area contributed by atoms with Crippen LogP contribution in [0.15, 0.2) is 24.3 Å². The summed E-state index contributed by atoms with van der Waals surface area (Å²) in [7, 11) is 0. The van der Waals surface area contributed by atoms with E-state index in [2.05, 4.69) is 5.32 Å². The molecule has 0 aliphatic carbocycles. The molecule has 0 aliphatic rings. The molecule has 0 heterocycles. The van der Waals surface area contributed by atoms with Crippen LogP contribution in [0.4, 0.5) is 0 Å². The summed E-state index contributed by atoms with van der Waals surface area (Å²) in [5.41, 5.74) is 5.37. The van der Waals surface area contributed by atoms with Crippen LogP contribution >= 0.6 is 24.0 Å². The lowest BCUT2D eigenvalue weighted by atomic mass is 10.3. The minimum atomic E-state index is -0.567. The molecule has 0 saturated carbocycles. The fourth-order valence-electron chi connectivity index (χ4n) is 1.41. The lowest BCUT2D eigenvalue weighted by Crippen LogP contribution is -2.37. The summed E-state index contributed by atoms with van der Waals surface area (Å²) < 4.78 is 5.50. The molecule has 0 aromatic heterocycles. The zero-order valence-electron chi connectivity index (χ0n) is 10.9. The van der Waals surface area contributed by atoms with E-state index < -0.39 is 6.10 Å². The molecule has 1 rings (SSSR count). The number of hydrogen-bond donors (Lipinski definition) is 2. The highest BCUT2D eigenvalue weighted by molar-refractivity contribution is 6.32. The smallest absolute Gasteiger partial charge is 0.260 e. The van der Waals surface area contributed by atoms with Crippen molar-refractivity contribution >= 4 is 29.9 Å². The monoisotopic (exact) mass is 306 g/mol. The molecule has 1 amide bonds. The molecular formula is C13H20Cl2N2O2. The quantitative estimate of drug-likeness (QED) is 0.760. The zero-order chi connectivity index (χ0) is 13.4. The first-order chi connectivity index (χ1) is 8.65. The SMILES string of the molecule is CC(Oc1ccccc1Cl)C(=O)NCCCCN.Cl. The van der Waals surface area contributed by atoms with Crippen LogP contribution in [0, 0.1) is 0 Å². The van der Waals surface area contributed by atoms with Gasteiger partial charge in [0.25, 0.3) is 5.91 Å². The van der Waals surface area contributed by atoms with E-state index in [1.54, 1.807) is 19.1 Å². The van der Waals surface area contributed by atoms with Crippen LogP contribution in [0.25, 0.3) is 0 Å². The number of amides is 1. The maximum Gasteiger partial charge on any atom is 0.260 e. The van der Waals surface area contributed by atoms with Crippen molar-refractivity contribution < 1.29 is 9.53 Å². The fourth-order valence-corrected chi connectivity index (χ4v) is 1.59. The minimum Gasteiger partial charge on any atom is -0.479 e. The first-order valence-electron chi connectivity index (χ1n) is 6.04. The molecule has 108 valence electrons. The van der Waals surface area contributed by atoms with Crippen molar-refractivity contribution in [3.8, 4) is 5.75 Å². The number of unbranched alkanes of at least 4 members (excludes halogenated alkanes) is 1. The van der Waals surface area contributed by atoms with Crippen LogP contribution < -0.4 is 15.8 Å². The zero-order valence-corrected chi connectivity index (χ0v) is 12.5. The second kappa shape index (κ2) is 9.89. The first kappa shape index (κ1) is 18.0. The van der Waals surface area contributed by atoms with Gasteiger partial charge in [-0.2, -0.15) is 0 Å². The molecule has 3 N–H and O–H groups in total. The van der Waals surface area contributed by atoms with Gasteiger partial charge in [0.2, 0.25) is 0 Å². The Kier molecular flexibility index (Phi) is 9.39. The van der Waals surface area contributed by atoms with Gasteiger partial charge in [0, 0.05) is 6.54 Å². The van der Waals surface area contributed by atoms with Crippen LogP contribution in [0.2, 0.25) is 5.02 Å². The summed E-state index contributed by atoms with van der Waals surface area (Å²) in [6.45, 7) is 2.95. The highest BCUT2D eigenvalue weighted by Gasteiger charge is 2.14. The molecule has 6 heteroatoms. The summed E-state index contributed by atoms with van der Waals surface area (Å²) >= 11 is 5.95. The van der Waals surface area contributed by atoms with Crippen molar-refractivity contribution in [2.24, 2.45) is 5.73 Å². The van der Waals surface area contributed by atoms with E-state index in [0.717, 1.165) is 12.8 Å². The predicted octanol–water partition coefficient (Wildman–Crippen LogP) is 2.38. The van der Waals surface area contributed by atoms with Gasteiger partial charge in [0.1, 0.15) is 5.75 Å². The Balaban J connectivity index is 0.00000324. The van der Waals surface area contributed by atoms with E-state index >= 15 is 0 Å². The molecule has 0 fully saturated rings. The molecular weight excluding hydrogens is 287 g/mol. The molecule has 0 radical (unpaired) electrons. The van der Waals surface area contributed by atoms with Gasteiger partial charge in [0.05, 0.1) is 5.02 Å². The third-order valence-electron chi connectivity index (χ3n) is 2.44. The van der Waals surface area contributed by atoms with Gasteiger partial charge in [-0.1, -0.05) is 23.7 Å². The van der Waals surface area contributed by atoms with E-state index in [4.69, 9.17) is 22.1 Å². The van der Waals surface area contributed by atoms with Gasteiger partial charge in [-0.05, 0) is 38.4 Å². The maximum atomic E-state index is 11.7. The normalized spacial score (nSPS) is 11.3. The average molecular weight is 307 g/mol. The summed E-state index contributed by atoms with van der Waals surface area (Å²) in [5, 5.41) is 3.29. The number of hydrogen-bond acceptors (Lipinski definition) is 3. The summed E-state index contributed by atoms with van der Waals surface area (Å²) in [6, 6.07) is 7.09. The number of nitrogens with one attached hydrogen (secondary N) is 1. The van der Waals surface area contributed by atoms with Crippen molar-refractivity contribution in [2.75, 3.05) is 13.1 Å². The van der Waals surface area contributed by atoms with Crippen LogP contribution in [-0.4, -0.2) is 25.1 Å². The molecule has 1 unspecified atom stereocenters. The van der Waals surface area contributed by atoms with E-state index in [-0.39, 0.29) is 18.3 Å². The topological polar surface area (TPSA) is 64.3 Å². The van der Waals surface area contributed by atoms with Crippen molar-refractivity contribution in [1.29, 1.82) is 0 Å². The first-order valence-corrected chi connectivity index (χ1v) is 6.42. The van der Waals surface area contributed by atoms with Gasteiger partial charge in [-0.15, -0.1) is 12.4 Å². The molecule has 1 atom stereocenters. The minimum absolute atomic E-state index is 0.